The molecule has 3 nitrogen and oxygen atoms in total. The zero-order valence-corrected chi connectivity index (χ0v) is 12.0. The van der Waals surface area contributed by atoms with Crippen molar-refractivity contribution in [3.05, 3.63) is 16.4 Å². The first-order valence-electron chi connectivity index (χ1n) is 6.86. The molecule has 1 saturated carbocycles. The molecule has 0 atom stereocenters. The summed E-state index contributed by atoms with van der Waals surface area (Å²) in [5.74, 6) is 0.581. The highest BCUT2D eigenvalue weighted by molar-refractivity contribution is 6.32. The van der Waals surface area contributed by atoms with Crippen LogP contribution < -0.4 is 0 Å². The number of hydrogen-bond acceptors (Lipinski definition) is 2. The number of aromatic nitrogens is 2. The average molecular weight is 269 g/mol. The predicted molar refractivity (Wildman–Crippen MR) is 72.9 cm³/mol. The molecule has 0 unspecified atom stereocenters. The summed E-state index contributed by atoms with van der Waals surface area (Å²) in [4.78, 5) is 12.3. The van der Waals surface area contributed by atoms with E-state index in [1.54, 1.807) is 4.68 Å². The van der Waals surface area contributed by atoms with Crippen molar-refractivity contribution in [2.45, 2.75) is 51.9 Å². The standard InChI is InChI=1S/C14H21ClN2O/c1-3-11-14(15)12(17(2)16-11)9-13(18)10-7-5-4-6-8-10/h10H,3-9H2,1-2H3. The Morgan fingerprint density at radius 1 is 1.39 bits per heavy atom. The molecule has 0 aliphatic heterocycles. The van der Waals surface area contributed by atoms with Gasteiger partial charge in [0.1, 0.15) is 5.78 Å². The quantitative estimate of drug-likeness (QED) is 0.840. The van der Waals surface area contributed by atoms with Gasteiger partial charge in [-0.2, -0.15) is 5.10 Å². The Kier molecular flexibility index (Phi) is 4.44. The number of carbonyl (C=O) groups is 1. The van der Waals surface area contributed by atoms with Crippen molar-refractivity contribution in [3.8, 4) is 0 Å². The van der Waals surface area contributed by atoms with E-state index in [1.807, 2.05) is 14.0 Å². The van der Waals surface area contributed by atoms with Crippen molar-refractivity contribution in [1.29, 1.82) is 0 Å². The smallest absolute Gasteiger partial charge is 0.141 e. The Hall–Kier alpha value is -0.830. The number of aryl methyl sites for hydroxylation is 2. The molecular formula is C14H21ClN2O. The number of Topliss-reactive ketones (excluding diaryl/α,β-unsaturated/α-hetero) is 1. The third kappa shape index (κ3) is 2.77. The summed E-state index contributed by atoms with van der Waals surface area (Å²) in [6.45, 7) is 2.03. The van der Waals surface area contributed by atoms with Crippen LogP contribution in [0, 0.1) is 5.92 Å². The molecule has 1 aliphatic carbocycles. The van der Waals surface area contributed by atoms with Gasteiger partial charge in [-0.05, 0) is 19.3 Å². The number of carbonyl (C=O) groups excluding carboxylic acids is 1. The average Bonchev–Trinajstić information content (AvgIpc) is 2.67. The van der Waals surface area contributed by atoms with E-state index in [0.717, 1.165) is 30.7 Å². The first-order chi connectivity index (χ1) is 8.63. The van der Waals surface area contributed by atoms with E-state index in [-0.39, 0.29) is 5.92 Å². The van der Waals surface area contributed by atoms with Gasteiger partial charge in [0.15, 0.2) is 0 Å². The van der Waals surface area contributed by atoms with Crippen molar-refractivity contribution in [3.63, 3.8) is 0 Å². The fourth-order valence-electron chi connectivity index (χ4n) is 2.75. The predicted octanol–water partition coefficient (Wildman–Crippen LogP) is 3.33. The molecule has 1 aromatic rings. The lowest BCUT2D eigenvalue weighted by Gasteiger charge is -2.20. The van der Waals surface area contributed by atoms with Crippen LogP contribution in [0.1, 0.15) is 50.4 Å². The molecule has 1 heterocycles. The highest BCUT2D eigenvalue weighted by Gasteiger charge is 2.24. The van der Waals surface area contributed by atoms with Gasteiger partial charge < -0.3 is 0 Å². The third-order valence-electron chi connectivity index (χ3n) is 3.91. The minimum Gasteiger partial charge on any atom is -0.299 e. The number of halogens is 1. The molecule has 0 radical (unpaired) electrons. The van der Waals surface area contributed by atoms with Crippen LogP contribution in [0.4, 0.5) is 0 Å². The molecule has 0 amide bonds. The van der Waals surface area contributed by atoms with Crippen molar-refractivity contribution in [2.24, 2.45) is 13.0 Å². The third-order valence-corrected chi connectivity index (χ3v) is 4.34. The Labute approximate surface area is 114 Å². The second-order valence-electron chi connectivity index (χ2n) is 5.16. The number of rotatable bonds is 4. The summed E-state index contributed by atoms with van der Waals surface area (Å²) in [6, 6.07) is 0. The van der Waals surface area contributed by atoms with Crippen LogP contribution in [0.5, 0.6) is 0 Å². The minimum atomic E-state index is 0.245. The summed E-state index contributed by atoms with van der Waals surface area (Å²) in [6.07, 6.45) is 7.00. The molecule has 1 aliphatic rings. The fraction of sp³-hybridized carbons (Fsp3) is 0.714. The Balaban J connectivity index is 2.08. The van der Waals surface area contributed by atoms with Gasteiger partial charge in [0.05, 0.1) is 22.8 Å². The molecule has 100 valence electrons. The van der Waals surface area contributed by atoms with Gasteiger partial charge >= 0.3 is 0 Å². The summed E-state index contributed by atoms with van der Waals surface area (Å²) in [5.41, 5.74) is 1.77. The molecular weight excluding hydrogens is 248 g/mol. The maximum absolute atomic E-state index is 12.3. The summed E-state index contributed by atoms with van der Waals surface area (Å²) in [7, 11) is 1.87. The van der Waals surface area contributed by atoms with E-state index < -0.39 is 0 Å². The van der Waals surface area contributed by atoms with Crippen LogP contribution in [0.25, 0.3) is 0 Å². The number of hydrogen-bond donors (Lipinski definition) is 0. The second-order valence-corrected chi connectivity index (χ2v) is 5.54. The Morgan fingerprint density at radius 2 is 2.06 bits per heavy atom. The van der Waals surface area contributed by atoms with Gasteiger partial charge in [0.2, 0.25) is 0 Å². The maximum Gasteiger partial charge on any atom is 0.141 e. The lowest BCUT2D eigenvalue weighted by Crippen LogP contribution is -2.20. The lowest BCUT2D eigenvalue weighted by atomic mass is 9.85. The topological polar surface area (TPSA) is 34.9 Å². The van der Waals surface area contributed by atoms with Gasteiger partial charge in [-0.1, -0.05) is 37.8 Å². The van der Waals surface area contributed by atoms with Crippen LogP contribution >= 0.6 is 11.6 Å². The largest absolute Gasteiger partial charge is 0.299 e. The normalized spacial score (nSPS) is 17.1. The SMILES string of the molecule is CCc1nn(C)c(CC(=O)C2CCCCC2)c1Cl. The van der Waals surface area contributed by atoms with E-state index in [0.29, 0.717) is 17.2 Å². The Bertz CT molecular complexity index is 433. The maximum atomic E-state index is 12.3. The van der Waals surface area contributed by atoms with Crippen LogP contribution in [0.3, 0.4) is 0 Å². The molecule has 4 heteroatoms. The molecule has 0 N–H and O–H groups in total. The van der Waals surface area contributed by atoms with Gasteiger partial charge in [-0.25, -0.2) is 0 Å². The van der Waals surface area contributed by atoms with Crippen molar-refractivity contribution >= 4 is 17.4 Å². The second kappa shape index (κ2) is 5.87. The molecule has 0 bridgehead atoms. The molecule has 1 aromatic heterocycles. The summed E-state index contributed by atoms with van der Waals surface area (Å²) in [5, 5.41) is 5.04. The molecule has 0 saturated heterocycles. The van der Waals surface area contributed by atoms with E-state index >= 15 is 0 Å². The van der Waals surface area contributed by atoms with Crippen molar-refractivity contribution in [1.82, 2.24) is 9.78 Å². The summed E-state index contributed by atoms with van der Waals surface area (Å²) >= 11 is 6.28. The number of ketones is 1. The van der Waals surface area contributed by atoms with Gasteiger partial charge in [-0.3, -0.25) is 9.48 Å². The lowest BCUT2D eigenvalue weighted by molar-refractivity contribution is -0.123. The van der Waals surface area contributed by atoms with E-state index in [4.69, 9.17) is 11.6 Å². The first kappa shape index (κ1) is 13.6. The van der Waals surface area contributed by atoms with Crippen LogP contribution in [-0.2, 0) is 24.7 Å². The van der Waals surface area contributed by atoms with E-state index in [1.165, 1.54) is 19.3 Å². The van der Waals surface area contributed by atoms with Crippen molar-refractivity contribution < 1.29 is 4.79 Å². The monoisotopic (exact) mass is 268 g/mol. The van der Waals surface area contributed by atoms with Crippen molar-refractivity contribution in [2.75, 3.05) is 0 Å². The van der Waals surface area contributed by atoms with E-state index in [9.17, 15) is 4.79 Å². The molecule has 1 fully saturated rings. The highest BCUT2D eigenvalue weighted by atomic mass is 35.5. The highest BCUT2D eigenvalue weighted by Crippen LogP contribution is 2.27. The van der Waals surface area contributed by atoms with Gasteiger partial charge in [0.25, 0.3) is 0 Å². The van der Waals surface area contributed by atoms with Crippen LogP contribution in [0.2, 0.25) is 5.02 Å². The van der Waals surface area contributed by atoms with Crippen LogP contribution in [0.15, 0.2) is 0 Å². The molecule has 18 heavy (non-hydrogen) atoms. The Morgan fingerprint density at radius 3 is 2.61 bits per heavy atom. The molecule has 2 rings (SSSR count). The first-order valence-corrected chi connectivity index (χ1v) is 7.24. The van der Waals surface area contributed by atoms with Gasteiger partial charge in [0, 0.05) is 13.0 Å². The zero-order chi connectivity index (χ0) is 13.1. The van der Waals surface area contributed by atoms with Crippen LogP contribution in [-0.4, -0.2) is 15.6 Å². The van der Waals surface area contributed by atoms with Gasteiger partial charge in [-0.15, -0.1) is 0 Å². The number of nitrogens with zero attached hydrogens (tertiary/aromatic N) is 2. The zero-order valence-electron chi connectivity index (χ0n) is 11.2. The summed E-state index contributed by atoms with van der Waals surface area (Å²) < 4.78 is 1.77. The van der Waals surface area contributed by atoms with E-state index in [2.05, 4.69) is 5.10 Å². The molecule has 0 aromatic carbocycles. The fourth-order valence-corrected chi connectivity index (χ4v) is 3.11. The minimum absolute atomic E-state index is 0.245. The molecule has 0 spiro atoms.